The number of aryl methyl sites for hydroxylation is 1. The van der Waals surface area contributed by atoms with Crippen LogP contribution in [0.4, 0.5) is 0 Å². The highest BCUT2D eigenvalue weighted by Gasteiger charge is 2.22. The summed E-state index contributed by atoms with van der Waals surface area (Å²) in [4.78, 5) is 12.5. The number of thioether (sulfide) groups is 1. The van der Waals surface area contributed by atoms with Gasteiger partial charge in [-0.05, 0) is 38.3 Å². The van der Waals surface area contributed by atoms with Gasteiger partial charge >= 0.3 is 0 Å². The fourth-order valence-electron chi connectivity index (χ4n) is 3.08. The van der Waals surface area contributed by atoms with E-state index >= 15 is 0 Å². The summed E-state index contributed by atoms with van der Waals surface area (Å²) in [5.74, 6) is 0.0891. The molecule has 6 heteroatoms. The van der Waals surface area contributed by atoms with Crippen molar-refractivity contribution in [3.05, 3.63) is 36.2 Å². The van der Waals surface area contributed by atoms with Crippen LogP contribution >= 0.6 is 11.8 Å². The van der Waals surface area contributed by atoms with Gasteiger partial charge in [0, 0.05) is 6.04 Å². The van der Waals surface area contributed by atoms with Crippen molar-refractivity contribution < 1.29 is 4.79 Å². The molecule has 1 aliphatic rings. The van der Waals surface area contributed by atoms with E-state index in [0.29, 0.717) is 6.04 Å². The molecule has 3 rings (SSSR count). The number of para-hydroxylation sites is 1. The number of hydrogen-bond donors (Lipinski definition) is 1. The number of carbonyl (C=O) groups is 1. The first-order valence-corrected chi connectivity index (χ1v) is 9.46. The minimum Gasteiger partial charge on any atom is -0.352 e. The fourth-order valence-corrected chi connectivity index (χ4v) is 3.93. The lowest BCUT2D eigenvalue weighted by Gasteiger charge is -2.24. The standard InChI is InChI=1S/C18H24N4OS/c1-13-8-6-7-11-16(13)22-12-19-21-18(22)24-14(2)17(23)20-15-9-4-3-5-10-15/h6-8,11-12,14-15H,3-5,9-10H2,1-2H3,(H,20,23). The van der Waals surface area contributed by atoms with Crippen molar-refractivity contribution in [1.82, 2.24) is 20.1 Å². The number of amides is 1. The number of aromatic nitrogens is 3. The topological polar surface area (TPSA) is 59.8 Å². The van der Waals surface area contributed by atoms with Crippen molar-refractivity contribution in [3.63, 3.8) is 0 Å². The Kier molecular flexibility index (Phi) is 5.56. The molecule has 0 spiro atoms. The molecule has 1 atom stereocenters. The van der Waals surface area contributed by atoms with Crippen LogP contribution in [0.25, 0.3) is 5.69 Å². The highest BCUT2D eigenvalue weighted by atomic mass is 32.2. The summed E-state index contributed by atoms with van der Waals surface area (Å²) in [5, 5.41) is 12.0. The molecule has 1 aliphatic carbocycles. The van der Waals surface area contributed by atoms with Gasteiger partial charge in [-0.25, -0.2) is 0 Å². The van der Waals surface area contributed by atoms with Gasteiger partial charge in [0.25, 0.3) is 0 Å². The Labute approximate surface area is 147 Å². The Bertz CT molecular complexity index is 694. The lowest BCUT2D eigenvalue weighted by atomic mass is 9.95. The lowest BCUT2D eigenvalue weighted by molar-refractivity contribution is -0.121. The van der Waals surface area contributed by atoms with Gasteiger partial charge < -0.3 is 5.32 Å². The van der Waals surface area contributed by atoms with E-state index in [2.05, 4.69) is 28.5 Å². The molecule has 0 aliphatic heterocycles. The molecule has 5 nitrogen and oxygen atoms in total. The van der Waals surface area contributed by atoms with Gasteiger partial charge in [-0.1, -0.05) is 49.2 Å². The third-order valence-electron chi connectivity index (χ3n) is 4.49. The molecule has 0 radical (unpaired) electrons. The molecular formula is C18H24N4OS. The third kappa shape index (κ3) is 3.98. The predicted octanol–water partition coefficient (Wildman–Crippen LogP) is 3.51. The number of rotatable bonds is 5. The smallest absolute Gasteiger partial charge is 0.233 e. The zero-order chi connectivity index (χ0) is 16.9. The highest BCUT2D eigenvalue weighted by molar-refractivity contribution is 8.00. The quantitative estimate of drug-likeness (QED) is 0.843. The van der Waals surface area contributed by atoms with E-state index in [4.69, 9.17) is 0 Å². The summed E-state index contributed by atoms with van der Waals surface area (Å²) in [6.45, 7) is 3.99. The maximum atomic E-state index is 12.5. The average molecular weight is 344 g/mol. The van der Waals surface area contributed by atoms with Crippen LogP contribution in [0.1, 0.15) is 44.6 Å². The fraction of sp³-hybridized carbons (Fsp3) is 0.500. The van der Waals surface area contributed by atoms with Crippen molar-refractivity contribution in [2.45, 2.75) is 62.4 Å². The van der Waals surface area contributed by atoms with E-state index in [9.17, 15) is 4.79 Å². The molecule has 24 heavy (non-hydrogen) atoms. The Morgan fingerprint density at radius 1 is 1.29 bits per heavy atom. The highest BCUT2D eigenvalue weighted by Crippen LogP contribution is 2.26. The van der Waals surface area contributed by atoms with E-state index in [0.717, 1.165) is 29.2 Å². The van der Waals surface area contributed by atoms with Crippen LogP contribution in [0, 0.1) is 6.92 Å². The van der Waals surface area contributed by atoms with E-state index in [1.807, 2.05) is 29.7 Å². The van der Waals surface area contributed by atoms with E-state index in [-0.39, 0.29) is 11.2 Å². The molecule has 2 aromatic rings. The first kappa shape index (κ1) is 17.0. The first-order valence-electron chi connectivity index (χ1n) is 8.58. The summed E-state index contributed by atoms with van der Waals surface area (Å²) in [6.07, 6.45) is 7.62. The van der Waals surface area contributed by atoms with Crippen LogP contribution in [0.2, 0.25) is 0 Å². The van der Waals surface area contributed by atoms with Crippen LogP contribution in [-0.2, 0) is 4.79 Å². The lowest BCUT2D eigenvalue weighted by Crippen LogP contribution is -2.40. The minimum atomic E-state index is -0.195. The monoisotopic (exact) mass is 344 g/mol. The number of nitrogens with zero attached hydrogens (tertiary/aromatic N) is 3. The second kappa shape index (κ2) is 7.83. The molecule has 1 aromatic carbocycles. The van der Waals surface area contributed by atoms with Crippen molar-refractivity contribution >= 4 is 17.7 Å². The van der Waals surface area contributed by atoms with Crippen LogP contribution in [-0.4, -0.2) is 32.0 Å². The molecule has 1 fully saturated rings. The van der Waals surface area contributed by atoms with Crippen molar-refractivity contribution in [1.29, 1.82) is 0 Å². The maximum absolute atomic E-state index is 12.5. The average Bonchev–Trinajstić information content (AvgIpc) is 3.04. The van der Waals surface area contributed by atoms with E-state index in [1.165, 1.54) is 31.0 Å². The van der Waals surface area contributed by atoms with Gasteiger partial charge in [0.15, 0.2) is 5.16 Å². The predicted molar refractivity (Wildman–Crippen MR) is 96.4 cm³/mol. The van der Waals surface area contributed by atoms with E-state index in [1.54, 1.807) is 6.33 Å². The van der Waals surface area contributed by atoms with Crippen LogP contribution in [0.15, 0.2) is 35.7 Å². The molecule has 1 aromatic heterocycles. The molecule has 128 valence electrons. The van der Waals surface area contributed by atoms with Gasteiger partial charge in [0.2, 0.25) is 5.91 Å². The SMILES string of the molecule is Cc1ccccc1-n1cnnc1SC(C)C(=O)NC1CCCCC1. The number of nitrogens with one attached hydrogen (secondary N) is 1. The summed E-state index contributed by atoms with van der Waals surface area (Å²) in [5.41, 5.74) is 2.20. The van der Waals surface area contributed by atoms with Gasteiger partial charge in [-0.15, -0.1) is 10.2 Å². The van der Waals surface area contributed by atoms with Gasteiger partial charge in [-0.2, -0.15) is 0 Å². The molecule has 0 saturated heterocycles. The minimum absolute atomic E-state index is 0.0891. The van der Waals surface area contributed by atoms with Gasteiger partial charge in [-0.3, -0.25) is 9.36 Å². The van der Waals surface area contributed by atoms with Crippen molar-refractivity contribution in [2.75, 3.05) is 0 Å². The largest absolute Gasteiger partial charge is 0.352 e. The molecule has 0 bridgehead atoms. The van der Waals surface area contributed by atoms with Crippen LogP contribution < -0.4 is 5.32 Å². The molecular weight excluding hydrogens is 320 g/mol. The summed E-state index contributed by atoms with van der Waals surface area (Å²) >= 11 is 1.45. The number of carbonyl (C=O) groups excluding carboxylic acids is 1. The zero-order valence-corrected chi connectivity index (χ0v) is 15.1. The molecule has 1 N–H and O–H groups in total. The normalized spacial score (nSPS) is 16.8. The van der Waals surface area contributed by atoms with Crippen LogP contribution in [0.5, 0.6) is 0 Å². The van der Waals surface area contributed by atoms with Crippen molar-refractivity contribution in [2.24, 2.45) is 0 Å². The second-order valence-corrected chi connectivity index (χ2v) is 7.68. The second-order valence-electron chi connectivity index (χ2n) is 6.37. The summed E-state index contributed by atoms with van der Waals surface area (Å²) in [6, 6.07) is 8.44. The third-order valence-corrected chi connectivity index (χ3v) is 5.55. The first-order chi connectivity index (χ1) is 11.6. The Balaban J connectivity index is 1.67. The van der Waals surface area contributed by atoms with E-state index < -0.39 is 0 Å². The Hall–Kier alpha value is -1.82. The molecule has 1 unspecified atom stereocenters. The Morgan fingerprint density at radius 2 is 2.04 bits per heavy atom. The van der Waals surface area contributed by atoms with Crippen LogP contribution in [0.3, 0.4) is 0 Å². The zero-order valence-electron chi connectivity index (χ0n) is 14.2. The summed E-state index contributed by atoms with van der Waals surface area (Å²) < 4.78 is 1.95. The molecule has 1 amide bonds. The number of hydrogen-bond acceptors (Lipinski definition) is 4. The molecule has 1 heterocycles. The Morgan fingerprint density at radius 3 is 2.79 bits per heavy atom. The van der Waals surface area contributed by atoms with Crippen molar-refractivity contribution in [3.8, 4) is 5.69 Å². The number of benzene rings is 1. The van der Waals surface area contributed by atoms with Gasteiger partial charge in [0.1, 0.15) is 6.33 Å². The van der Waals surface area contributed by atoms with Gasteiger partial charge in [0.05, 0.1) is 10.9 Å². The molecule has 1 saturated carbocycles. The maximum Gasteiger partial charge on any atom is 0.233 e. The summed E-state index contributed by atoms with van der Waals surface area (Å²) in [7, 11) is 0.